The highest BCUT2D eigenvalue weighted by Crippen LogP contribution is 2.20. The number of carbonyl (C=O) groups is 2. The van der Waals surface area contributed by atoms with E-state index in [-0.39, 0.29) is 24.9 Å². The van der Waals surface area contributed by atoms with E-state index >= 15 is 0 Å². The van der Waals surface area contributed by atoms with Gasteiger partial charge in [0.1, 0.15) is 5.60 Å². The van der Waals surface area contributed by atoms with Crippen LogP contribution < -0.4 is 10.6 Å². The summed E-state index contributed by atoms with van der Waals surface area (Å²) >= 11 is 0. The average Bonchev–Trinajstić information content (AvgIpc) is 2.78. The lowest BCUT2D eigenvalue weighted by molar-refractivity contribution is -0.121. The molecular weight excluding hydrogens is 282 g/mol. The van der Waals surface area contributed by atoms with Crippen LogP contribution in [0.15, 0.2) is 18.5 Å². The van der Waals surface area contributed by atoms with Gasteiger partial charge in [-0.3, -0.25) is 9.78 Å². The zero-order chi connectivity index (χ0) is 16.2. The van der Waals surface area contributed by atoms with Crippen molar-refractivity contribution < 1.29 is 14.3 Å². The topological polar surface area (TPSA) is 80.3 Å². The lowest BCUT2D eigenvalue weighted by atomic mass is 10.2. The molecule has 6 heteroatoms. The van der Waals surface area contributed by atoms with Crippen molar-refractivity contribution in [2.24, 2.45) is 0 Å². The van der Waals surface area contributed by atoms with Crippen molar-refractivity contribution in [2.45, 2.75) is 51.7 Å². The van der Waals surface area contributed by atoms with Crippen molar-refractivity contribution in [3.8, 4) is 0 Å². The van der Waals surface area contributed by atoms with Crippen LogP contribution in [0.2, 0.25) is 0 Å². The molecule has 1 aliphatic rings. The summed E-state index contributed by atoms with van der Waals surface area (Å²) in [6.45, 7) is 5.66. The third-order valence-electron chi connectivity index (χ3n) is 3.32. The van der Waals surface area contributed by atoms with Gasteiger partial charge in [0.15, 0.2) is 0 Å². The van der Waals surface area contributed by atoms with E-state index in [0.29, 0.717) is 0 Å². The third-order valence-corrected chi connectivity index (χ3v) is 3.32. The zero-order valence-corrected chi connectivity index (χ0v) is 13.3. The Balaban J connectivity index is 1.66. The summed E-state index contributed by atoms with van der Waals surface area (Å²) < 4.78 is 5.11. The van der Waals surface area contributed by atoms with E-state index in [0.717, 1.165) is 12.8 Å². The SMILES string of the molecule is CC(C)(C)OC(=O)NCCC(=O)NC1Cc2ccncc2C1. The first-order valence-electron chi connectivity index (χ1n) is 7.51. The Labute approximate surface area is 130 Å². The van der Waals surface area contributed by atoms with E-state index in [1.54, 1.807) is 27.0 Å². The molecule has 0 aliphatic heterocycles. The molecule has 1 aliphatic carbocycles. The molecule has 22 heavy (non-hydrogen) atoms. The third kappa shape index (κ3) is 5.02. The normalized spacial score (nSPS) is 16.8. The van der Waals surface area contributed by atoms with Crippen LogP contribution in [0.3, 0.4) is 0 Å². The fourth-order valence-corrected chi connectivity index (χ4v) is 2.44. The average molecular weight is 305 g/mol. The number of pyridine rings is 1. The summed E-state index contributed by atoms with van der Waals surface area (Å²) in [5.41, 5.74) is 1.91. The Morgan fingerprint density at radius 3 is 2.73 bits per heavy atom. The van der Waals surface area contributed by atoms with Crippen molar-refractivity contribution in [3.63, 3.8) is 0 Å². The largest absolute Gasteiger partial charge is 0.444 e. The second kappa shape index (κ2) is 6.77. The molecule has 0 radical (unpaired) electrons. The monoisotopic (exact) mass is 305 g/mol. The maximum Gasteiger partial charge on any atom is 0.407 e. The lowest BCUT2D eigenvalue weighted by Gasteiger charge is -2.19. The van der Waals surface area contributed by atoms with Crippen LogP contribution in [-0.2, 0) is 22.4 Å². The van der Waals surface area contributed by atoms with Crippen molar-refractivity contribution >= 4 is 12.0 Å². The first-order chi connectivity index (χ1) is 10.3. The van der Waals surface area contributed by atoms with Gasteiger partial charge in [0.05, 0.1) is 0 Å². The van der Waals surface area contributed by atoms with E-state index < -0.39 is 11.7 Å². The van der Waals surface area contributed by atoms with Gasteiger partial charge in [-0.25, -0.2) is 4.79 Å². The van der Waals surface area contributed by atoms with Gasteiger partial charge < -0.3 is 15.4 Å². The molecular formula is C16H23N3O3. The first kappa shape index (κ1) is 16.3. The van der Waals surface area contributed by atoms with Crippen LogP contribution in [0.5, 0.6) is 0 Å². The maximum absolute atomic E-state index is 11.9. The molecule has 6 nitrogen and oxygen atoms in total. The molecule has 2 amide bonds. The Bertz CT molecular complexity index is 527. The Hall–Kier alpha value is -2.11. The highest BCUT2D eigenvalue weighted by Gasteiger charge is 2.22. The predicted octanol–water partition coefficient (Wildman–Crippen LogP) is 1.58. The molecule has 1 heterocycles. The molecule has 1 aromatic heterocycles. The Morgan fingerprint density at radius 2 is 2.05 bits per heavy atom. The number of carbonyl (C=O) groups excluding carboxylic acids is 2. The molecule has 1 atom stereocenters. The molecule has 0 saturated heterocycles. The number of amides is 2. The minimum Gasteiger partial charge on any atom is -0.444 e. The van der Waals surface area contributed by atoms with E-state index in [2.05, 4.69) is 15.6 Å². The summed E-state index contributed by atoms with van der Waals surface area (Å²) in [6, 6.07) is 2.11. The molecule has 1 aromatic rings. The van der Waals surface area contributed by atoms with Crippen LogP contribution in [0.4, 0.5) is 4.79 Å². The van der Waals surface area contributed by atoms with Crippen LogP contribution in [0.25, 0.3) is 0 Å². The van der Waals surface area contributed by atoms with Gasteiger partial charge in [-0.15, -0.1) is 0 Å². The molecule has 0 bridgehead atoms. The number of ether oxygens (including phenoxy) is 1. The van der Waals surface area contributed by atoms with Crippen LogP contribution in [0.1, 0.15) is 38.3 Å². The number of alkyl carbamates (subject to hydrolysis) is 1. The Kier molecular flexibility index (Phi) is 5.00. The van der Waals surface area contributed by atoms with Crippen LogP contribution in [0, 0.1) is 0 Å². The molecule has 0 saturated carbocycles. The molecule has 2 rings (SSSR count). The molecule has 0 fully saturated rings. The number of nitrogens with zero attached hydrogens (tertiary/aromatic N) is 1. The number of fused-ring (bicyclic) bond motifs is 1. The summed E-state index contributed by atoms with van der Waals surface area (Å²) in [4.78, 5) is 27.5. The van der Waals surface area contributed by atoms with Gasteiger partial charge >= 0.3 is 6.09 Å². The number of aromatic nitrogens is 1. The molecule has 0 aromatic carbocycles. The highest BCUT2D eigenvalue weighted by atomic mass is 16.6. The van der Waals surface area contributed by atoms with Crippen molar-refractivity contribution in [1.82, 2.24) is 15.6 Å². The summed E-state index contributed by atoms with van der Waals surface area (Å²) in [5.74, 6) is -0.0678. The quantitative estimate of drug-likeness (QED) is 0.885. The minimum absolute atomic E-state index is 0.0678. The fourth-order valence-electron chi connectivity index (χ4n) is 2.44. The summed E-state index contributed by atoms with van der Waals surface area (Å²) in [5, 5.41) is 5.57. The highest BCUT2D eigenvalue weighted by molar-refractivity contribution is 5.77. The number of hydrogen-bond acceptors (Lipinski definition) is 4. The molecule has 0 spiro atoms. The maximum atomic E-state index is 11.9. The standard InChI is InChI=1S/C16H23N3O3/c1-16(2,3)22-15(21)18-7-5-14(20)19-13-8-11-4-6-17-10-12(11)9-13/h4,6,10,13H,5,7-9H2,1-3H3,(H,18,21)(H,19,20). The molecule has 120 valence electrons. The van der Waals surface area contributed by atoms with Crippen molar-refractivity contribution in [3.05, 3.63) is 29.6 Å². The van der Waals surface area contributed by atoms with E-state index in [9.17, 15) is 9.59 Å². The van der Waals surface area contributed by atoms with Gasteiger partial charge in [-0.1, -0.05) is 0 Å². The lowest BCUT2D eigenvalue weighted by Crippen LogP contribution is -2.38. The van der Waals surface area contributed by atoms with E-state index in [1.165, 1.54) is 11.1 Å². The summed E-state index contributed by atoms with van der Waals surface area (Å²) in [7, 11) is 0. The van der Waals surface area contributed by atoms with E-state index in [4.69, 9.17) is 4.74 Å². The van der Waals surface area contributed by atoms with Crippen molar-refractivity contribution in [1.29, 1.82) is 0 Å². The first-order valence-corrected chi connectivity index (χ1v) is 7.51. The number of rotatable bonds is 4. The second-order valence-electron chi connectivity index (χ2n) is 6.50. The molecule has 1 unspecified atom stereocenters. The van der Waals surface area contributed by atoms with Gasteiger partial charge in [0, 0.05) is 31.4 Å². The smallest absolute Gasteiger partial charge is 0.407 e. The minimum atomic E-state index is -0.532. The summed E-state index contributed by atoms with van der Waals surface area (Å²) in [6.07, 6.45) is 5.01. The van der Waals surface area contributed by atoms with Crippen LogP contribution in [-0.4, -0.2) is 35.2 Å². The number of hydrogen-bond donors (Lipinski definition) is 2. The fraction of sp³-hybridized carbons (Fsp3) is 0.562. The van der Waals surface area contributed by atoms with E-state index in [1.807, 2.05) is 12.3 Å². The second-order valence-corrected chi connectivity index (χ2v) is 6.50. The molecule has 2 N–H and O–H groups in total. The zero-order valence-electron chi connectivity index (χ0n) is 13.3. The van der Waals surface area contributed by atoms with Crippen molar-refractivity contribution in [2.75, 3.05) is 6.54 Å². The number of nitrogens with one attached hydrogen (secondary N) is 2. The van der Waals surface area contributed by atoms with Crippen LogP contribution >= 0.6 is 0 Å². The van der Waals surface area contributed by atoms with Gasteiger partial charge in [-0.2, -0.15) is 0 Å². The predicted molar refractivity (Wildman–Crippen MR) is 82.4 cm³/mol. The van der Waals surface area contributed by atoms with Gasteiger partial charge in [0.25, 0.3) is 0 Å². The van der Waals surface area contributed by atoms with Gasteiger partial charge in [-0.05, 0) is 50.8 Å². The van der Waals surface area contributed by atoms with Gasteiger partial charge in [0.2, 0.25) is 5.91 Å². The Morgan fingerprint density at radius 1 is 1.32 bits per heavy atom.